The third-order valence-electron chi connectivity index (χ3n) is 4.70. The summed E-state index contributed by atoms with van der Waals surface area (Å²) in [7, 11) is 0. The largest absolute Gasteiger partial charge is 0.352 e. The van der Waals surface area contributed by atoms with Crippen molar-refractivity contribution in [1.82, 2.24) is 25.5 Å². The van der Waals surface area contributed by atoms with Crippen molar-refractivity contribution in [2.75, 3.05) is 0 Å². The zero-order valence-electron chi connectivity index (χ0n) is 15.0. The summed E-state index contributed by atoms with van der Waals surface area (Å²) in [6.07, 6.45) is 5.86. The van der Waals surface area contributed by atoms with E-state index in [1.54, 1.807) is 4.68 Å². The van der Waals surface area contributed by atoms with Gasteiger partial charge in [0, 0.05) is 6.04 Å². The number of carbonyl (C=O) groups excluding carboxylic acids is 1. The molecule has 1 aromatic carbocycles. The number of hydrogen-bond acceptors (Lipinski definition) is 5. The van der Waals surface area contributed by atoms with Crippen LogP contribution in [-0.4, -0.2) is 37.4 Å². The van der Waals surface area contributed by atoms with Gasteiger partial charge in [-0.25, -0.2) is 0 Å². The van der Waals surface area contributed by atoms with E-state index in [2.05, 4.69) is 20.8 Å². The van der Waals surface area contributed by atoms with Gasteiger partial charge in [0.15, 0.2) is 0 Å². The van der Waals surface area contributed by atoms with E-state index in [9.17, 15) is 4.79 Å². The highest BCUT2D eigenvalue weighted by Gasteiger charge is 2.23. The van der Waals surface area contributed by atoms with Crippen LogP contribution in [0.25, 0.3) is 5.69 Å². The summed E-state index contributed by atoms with van der Waals surface area (Å²) >= 11 is 1.40. The van der Waals surface area contributed by atoms with Gasteiger partial charge in [0.1, 0.15) is 0 Å². The molecule has 1 fully saturated rings. The number of para-hydroxylation sites is 1. The molecule has 2 aromatic rings. The first kappa shape index (κ1) is 17.9. The molecule has 1 heterocycles. The van der Waals surface area contributed by atoms with Crippen LogP contribution in [0.4, 0.5) is 0 Å². The molecule has 1 aromatic heterocycles. The smallest absolute Gasteiger partial charge is 0.233 e. The van der Waals surface area contributed by atoms with Crippen LogP contribution in [0.15, 0.2) is 23.4 Å². The number of rotatable bonds is 5. The Bertz CT molecular complexity index is 719. The number of aryl methyl sites for hydroxylation is 2. The summed E-state index contributed by atoms with van der Waals surface area (Å²) in [6.45, 7) is 5.99. The van der Waals surface area contributed by atoms with Crippen LogP contribution in [0.1, 0.15) is 50.2 Å². The van der Waals surface area contributed by atoms with Gasteiger partial charge in [-0.3, -0.25) is 4.79 Å². The van der Waals surface area contributed by atoms with E-state index < -0.39 is 0 Å². The number of aromatic nitrogens is 4. The first-order valence-corrected chi connectivity index (χ1v) is 9.76. The Morgan fingerprint density at radius 3 is 2.60 bits per heavy atom. The number of hydrogen-bond donors (Lipinski definition) is 1. The Morgan fingerprint density at radius 1 is 1.24 bits per heavy atom. The van der Waals surface area contributed by atoms with Gasteiger partial charge in [-0.15, -0.1) is 5.10 Å². The summed E-state index contributed by atoms with van der Waals surface area (Å²) in [5, 5.41) is 15.7. The topological polar surface area (TPSA) is 72.7 Å². The van der Waals surface area contributed by atoms with Gasteiger partial charge in [0.25, 0.3) is 0 Å². The second kappa shape index (κ2) is 7.99. The molecule has 1 N–H and O–H groups in total. The third kappa shape index (κ3) is 4.21. The second-order valence-electron chi connectivity index (χ2n) is 6.72. The normalized spacial score (nSPS) is 16.6. The number of tetrazole rings is 1. The van der Waals surface area contributed by atoms with E-state index in [4.69, 9.17) is 0 Å². The molecule has 1 unspecified atom stereocenters. The maximum atomic E-state index is 12.5. The predicted octanol–water partition coefficient (Wildman–Crippen LogP) is 3.21. The van der Waals surface area contributed by atoms with Crippen LogP contribution in [0, 0.1) is 13.8 Å². The third-order valence-corrected chi connectivity index (χ3v) is 5.73. The van der Waals surface area contributed by atoms with Crippen molar-refractivity contribution in [2.45, 2.75) is 69.3 Å². The molecule has 1 atom stereocenters. The summed E-state index contributed by atoms with van der Waals surface area (Å²) < 4.78 is 1.74. The van der Waals surface area contributed by atoms with E-state index in [1.807, 2.05) is 39.0 Å². The maximum Gasteiger partial charge on any atom is 0.233 e. The Labute approximate surface area is 152 Å². The van der Waals surface area contributed by atoms with Crippen molar-refractivity contribution in [1.29, 1.82) is 0 Å². The van der Waals surface area contributed by atoms with Crippen molar-refractivity contribution in [3.05, 3.63) is 29.3 Å². The molecule has 7 heteroatoms. The molecular weight excluding hydrogens is 334 g/mol. The average molecular weight is 359 g/mol. The van der Waals surface area contributed by atoms with Crippen molar-refractivity contribution in [3.8, 4) is 5.69 Å². The van der Waals surface area contributed by atoms with Gasteiger partial charge in [0.05, 0.1) is 10.9 Å². The van der Waals surface area contributed by atoms with Gasteiger partial charge in [-0.05, 0) is 55.2 Å². The molecule has 134 valence electrons. The highest BCUT2D eigenvalue weighted by atomic mass is 32.2. The number of thioether (sulfide) groups is 1. The Hall–Kier alpha value is -1.89. The zero-order valence-corrected chi connectivity index (χ0v) is 15.8. The van der Waals surface area contributed by atoms with Gasteiger partial charge < -0.3 is 5.32 Å². The minimum Gasteiger partial charge on any atom is -0.352 e. The molecule has 0 radical (unpaired) electrons. The van der Waals surface area contributed by atoms with Gasteiger partial charge in [-0.2, -0.15) is 4.68 Å². The minimum absolute atomic E-state index is 0.0629. The number of amides is 1. The lowest BCUT2D eigenvalue weighted by molar-refractivity contribution is -0.121. The molecule has 0 spiro atoms. The maximum absolute atomic E-state index is 12.5. The monoisotopic (exact) mass is 359 g/mol. The zero-order chi connectivity index (χ0) is 17.8. The fourth-order valence-corrected chi connectivity index (χ4v) is 4.11. The highest BCUT2D eigenvalue weighted by molar-refractivity contribution is 8.00. The van der Waals surface area contributed by atoms with E-state index in [0.717, 1.165) is 29.7 Å². The molecule has 0 aliphatic heterocycles. The molecule has 3 rings (SSSR count). The Balaban J connectivity index is 1.71. The number of nitrogens with one attached hydrogen (secondary N) is 1. The lowest BCUT2D eigenvalue weighted by Gasteiger charge is -2.24. The summed E-state index contributed by atoms with van der Waals surface area (Å²) in [5.74, 6) is 0.0629. The van der Waals surface area contributed by atoms with Crippen LogP contribution >= 0.6 is 11.8 Å². The standard InChI is InChI=1S/C18H25N5OS/c1-12-8-7-9-13(2)16(12)23-18(20-21-22-23)25-14(3)17(24)19-15-10-5-4-6-11-15/h7-9,14-15H,4-6,10-11H2,1-3H3,(H,19,24). The Morgan fingerprint density at radius 2 is 1.92 bits per heavy atom. The molecule has 6 nitrogen and oxygen atoms in total. The molecule has 1 aliphatic rings. The fourth-order valence-electron chi connectivity index (χ4n) is 3.31. The Kier molecular flexibility index (Phi) is 5.73. The molecule has 1 aliphatic carbocycles. The van der Waals surface area contributed by atoms with Crippen LogP contribution < -0.4 is 5.32 Å². The van der Waals surface area contributed by atoms with E-state index >= 15 is 0 Å². The molecular formula is C18H25N5OS. The quantitative estimate of drug-likeness (QED) is 0.830. The van der Waals surface area contributed by atoms with Crippen molar-refractivity contribution < 1.29 is 4.79 Å². The average Bonchev–Trinajstić information content (AvgIpc) is 3.03. The first-order chi connectivity index (χ1) is 12.1. The van der Waals surface area contributed by atoms with Crippen LogP contribution in [-0.2, 0) is 4.79 Å². The predicted molar refractivity (Wildman–Crippen MR) is 99.0 cm³/mol. The molecule has 0 bridgehead atoms. The number of nitrogens with zero attached hydrogens (tertiary/aromatic N) is 4. The van der Waals surface area contributed by atoms with E-state index in [1.165, 1.54) is 31.0 Å². The first-order valence-electron chi connectivity index (χ1n) is 8.88. The second-order valence-corrected chi connectivity index (χ2v) is 8.03. The highest BCUT2D eigenvalue weighted by Crippen LogP contribution is 2.26. The molecule has 0 saturated heterocycles. The lowest BCUT2D eigenvalue weighted by atomic mass is 9.95. The number of carbonyl (C=O) groups is 1. The van der Waals surface area contributed by atoms with Crippen LogP contribution in [0.2, 0.25) is 0 Å². The lowest BCUT2D eigenvalue weighted by Crippen LogP contribution is -2.40. The van der Waals surface area contributed by atoms with Crippen molar-refractivity contribution in [2.24, 2.45) is 0 Å². The molecule has 25 heavy (non-hydrogen) atoms. The SMILES string of the molecule is Cc1cccc(C)c1-n1nnnc1SC(C)C(=O)NC1CCCCC1. The van der Waals surface area contributed by atoms with Gasteiger partial charge in [0.2, 0.25) is 11.1 Å². The van der Waals surface area contributed by atoms with E-state index in [-0.39, 0.29) is 11.2 Å². The van der Waals surface area contributed by atoms with Crippen LogP contribution in [0.5, 0.6) is 0 Å². The summed E-state index contributed by atoms with van der Waals surface area (Å²) in [5.41, 5.74) is 3.19. The van der Waals surface area contributed by atoms with Gasteiger partial charge in [-0.1, -0.05) is 49.2 Å². The van der Waals surface area contributed by atoms with Crippen molar-refractivity contribution in [3.63, 3.8) is 0 Å². The van der Waals surface area contributed by atoms with Crippen molar-refractivity contribution >= 4 is 17.7 Å². The number of benzene rings is 1. The summed E-state index contributed by atoms with van der Waals surface area (Å²) in [4.78, 5) is 12.5. The summed E-state index contributed by atoms with van der Waals surface area (Å²) in [6, 6.07) is 6.42. The van der Waals surface area contributed by atoms with Crippen LogP contribution in [0.3, 0.4) is 0 Å². The molecule has 1 saturated carbocycles. The fraction of sp³-hybridized carbons (Fsp3) is 0.556. The van der Waals surface area contributed by atoms with E-state index in [0.29, 0.717) is 11.2 Å². The molecule has 1 amide bonds. The minimum atomic E-state index is -0.240. The van der Waals surface area contributed by atoms with Gasteiger partial charge >= 0.3 is 0 Å².